The standard InChI is InChI=1S/C12H20N2O2S/c1-13-9-10-14(2)17(15,16)11-8-12-6-4-3-5-7-12/h3-7,13H,8-11H2,1-2H3. The molecule has 1 N–H and O–H groups in total. The second-order valence-electron chi connectivity index (χ2n) is 3.98. The summed E-state index contributed by atoms with van der Waals surface area (Å²) in [5.41, 5.74) is 1.05. The van der Waals surface area contributed by atoms with Gasteiger partial charge in [0, 0.05) is 20.1 Å². The van der Waals surface area contributed by atoms with E-state index in [9.17, 15) is 8.42 Å². The van der Waals surface area contributed by atoms with Gasteiger partial charge in [0.25, 0.3) is 0 Å². The number of nitrogens with one attached hydrogen (secondary N) is 1. The van der Waals surface area contributed by atoms with Crippen LogP contribution in [0.3, 0.4) is 0 Å². The quantitative estimate of drug-likeness (QED) is 0.781. The number of benzene rings is 1. The predicted octanol–water partition coefficient (Wildman–Crippen LogP) is 0.710. The first kappa shape index (κ1) is 14.2. The zero-order valence-electron chi connectivity index (χ0n) is 10.4. The Hall–Kier alpha value is -0.910. The number of hydrogen-bond donors (Lipinski definition) is 1. The smallest absolute Gasteiger partial charge is 0.214 e. The Morgan fingerprint density at radius 1 is 1.24 bits per heavy atom. The van der Waals surface area contributed by atoms with E-state index in [2.05, 4.69) is 5.32 Å². The topological polar surface area (TPSA) is 49.4 Å². The maximum Gasteiger partial charge on any atom is 0.214 e. The van der Waals surface area contributed by atoms with E-state index < -0.39 is 10.0 Å². The highest BCUT2D eigenvalue weighted by Crippen LogP contribution is 2.04. The van der Waals surface area contributed by atoms with Crippen molar-refractivity contribution in [3.63, 3.8) is 0 Å². The number of sulfonamides is 1. The lowest BCUT2D eigenvalue weighted by molar-refractivity contribution is 0.466. The Labute approximate surface area is 104 Å². The van der Waals surface area contributed by atoms with E-state index in [-0.39, 0.29) is 5.75 Å². The van der Waals surface area contributed by atoms with Crippen molar-refractivity contribution in [2.24, 2.45) is 0 Å². The fourth-order valence-corrected chi connectivity index (χ4v) is 2.63. The van der Waals surface area contributed by atoms with E-state index in [4.69, 9.17) is 0 Å². The first-order valence-corrected chi connectivity index (χ1v) is 7.29. The molecule has 1 rings (SSSR count). The second kappa shape index (κ2) is 6.74. The van der Waals surface area contributed by atoms with Crippen molar-refractivity contribution in [3.8, 4) is 0 Å². The van der Waals surface area contributed by atoms with Crippen LogP contribution in [0.4, 0.5) is 0 Å². The summed E-state index contributed by atoms with van der Waals surface area (Å²) in [7, 11) is 0.295. The van der Waals surface area contributed by atoms with Crippen molar-refractivity contribution in [3.05, 3.63) is 35.9 Å². The zero-order valence-corrected chi connectivity index (χ0v) is 11.2. The third-order valence-electron chi connectivity index (χ3n) is 2.64. The minimum atomic E-state index is -3.14. The zero-order chi connectivity index (χ0) is 12.7. The van der Waals surface area contributed by atoms with Gasteiger partial charge in [-0.25, -0.2) is 12.7 Å². The third kappa shape index (κ3) is 4.85. The fourth-order valence-electron chi connectivity index (χ4n) is 1.46. The highest BCUT2D eigenvalue weighted by molar-refractivity contribution is 7.89. The number of rotatable bonds is 7. The van der Waals surface area contributed by atoms with E-state index in [1.54, 1.807) is 7.05 Å². The molecule has 0 heterocycles. The Morgan fingerprint density at radius 3 is 2.47 bits per heavy atom. The molecule has 0 saturated heterocycles. The Bertz CT molecular complexity index is 417. The molecule has 4 nitrogen and oxygen atoms in total. The van der Waals surface area contributed by atoms with Gasteiger partial charge in [0.2, 0.25) is 10.0 Å². The average Bonchev–Trinajstić information content (AvgIpc) is 2.35. The molecule has 0 unspecified atom stereocenters. The predicted molar refractivity (Wildman–Crippen MR) is 70.5 cm³/mol. The summed E-state index contributed by atoms with van der Waals surface area (Å²) < 4.78 is 25.2. The largest absolute Gasteiger partial charge is 0.318 e. The van der Waals surface area contributed by atoms with Crippen molar-refractivity contribution in [2.45, 2.75) is 6.42 Å². The Balaban J connectivity index is 2.50. The van der Waals surface area contributed by atoms with Crippen LogP contribution in [0.1, 0.15) is 5.56 Å². The molecule has 0 aliphatic carbocycles. The minimum absolute atomic E-state index is 0.164. The number of hydrogen-bond acceptors (Lipinski definition) is 3. The molecular formula is C12H20N2O2S. The normalized spacial score (nSPS) is 11.9. The van der Waals surface area contributed by atoms with Crippen LogP contribution in [0, 0.1) is 0 Å². The first-order valence-electron chi connectivity index (χ1n) is 5.69. The molecule has 96 valence electrons. The van der Waals surface area contributed by atoms with E-state index in [1.807, 2.05) is 37.4 Å². The molecule has 0 atom stereocenters. The molecule has 0 aliphatic rings. The monoisotopic (exact) mass is 256 g/mol. The lowest BCUT2D eigenvalue weighted by Crippen LogP contribution is -2.34. The maximum absolute atomic E-state index is 11.9. The van der Waals surface area contributed by atoms with Gasteiger partial charge in [0.05, 0.1) is 5.75 Å². The van der Waals surface area contributed by atoms with E-state index >= 15 is 0 Å². The average molecular weight is 256 g/mol. The molecule has 0 fully saturated rings. The van der Waals surface area contributed by atoms with Crippen molar-refractivity contribution < 1.29 is 8.42 Å². The van der Waals surface area contributed by atoms with Crippen LogP contribution in [0.25, 0.3) is 0 Å². The molecule has 1 aromatic carbocycles. The minimum Gasteiger partial charge on any atom is -0.318 e. The van der Waals surface area contributed by atoms with Crippen LogP contribution in [0.2, 0.25) is 0 Å². The van der Waals surface area contributed by atoms with Gasteiger partial charge in [-0.2, -0.15) is 0 Å². The molecule has 17 heavy (non-hydrogen) atoms. The third-order valence-corrected chi connectivity index (χ3v) is 4.50. The summed E-state index contributed by atoms with van der Waals surface area (Å²) in [5, 5.41) is 2.94. The highest BCUT2D eigenvalue weighted by Gasteiger charge is 2.16. The lowest BCUT2D eigenvalue weighted by atomic mass is 10.2. The van der Waals surface area contributed by atoms with Gasteiger partial charge in [-0.15, -0.1) is 0 Å². The van der Waals surface area contributed by atoms with Crippen LogP contribution in [0.5, 0.6) is 0 Å². The highest BCUT2D eigenvalue weighted by atomic mass is 32.2. The van der Waals surface area contributed by atoms with E-state index in [0.717, 1.165) is 5.56 Å². The van der Waals surface area contributed by atoms with Crippen molar-refractivity contribution >= 4 is 10.0 Å². The summed E-state index contributed by atoms with van der Waals surface area (Å²) >= 11 is 0. The van der Waals surface area contributed by atoms with Gasteiger partial charge in [0.15, 0.2) is 0 Å². The van der Waals surface area contributed by atoms with Crippen molar-refractivity contribution in [2.75, 3.05) is 32.9 Å². The summed E-state index contributed by atoms with van der Waals surface area (Å²) in [6.45, 7) is 1.18. The van der Waals surface area contributed by atoms with Gasteiger partial charge in [0.1, 0.15) is 0 Å². The van der Waals surface area contributed by atoms with Crippen molar-refractivity contribution in [1.82, 2.24) is 9.62 Å². The van der Waals surface area contributed by atoms with Crippen LogP contribution in [-0.4, -0.2) is 45.7 Å². The molecule has 5 heteroatoms. The molecule has 1 aromatic rings. The van der Waals surface area contributed by atoms with Crippen molar-refractivity contribution in [1.29, 1.82) is 0 Å². The molecule has 0 aromatic heterocycles. The van der Waals surface area contributed by atoms with E-state index in [0.29, 0.717) is 19.5 Å². The molecule has 0 aliphatic heterocycles. The second-order valence-corrected chi connectivity index (χ2v) is 6.17. The maximum atomic E-state index is 11.9. The van der Waals surface area contributed by atoms with Crippen LogP contribution in [0.15, 0.2) is 30.3 Å². The fraction of sp³-hybridized carbons (Fsp3) is 0.500. The van der Waals surface area contributed by atoms with Crippen LogP contribution < -0.4 is 5.32 Å². The summed E-state index contributed by atoms with van der Waals surface area (Å²) in [6, 6.07) is 9.67. The molecule has 0 amide bonds. The number of nitrogens with zero attached hydrogens (tertiary/aromatic N) is 1. The van der Waals surface area contributed by atoms with Gasteiger partial charge < -0.3 is 5.32 Å². The summed E-state index contributed by atoms with van der Waals surface area (Å²) in [5.74, 6) is 0.164. The Kier molecular flexibility index (Phi) is 5.61. The number of likely N-dealkylation sites (N-methyl/N-ethyl adjacent to an activating group) is 2. The summed E-state index contributed by atoms with van der Waals surface area (Å²) in [4.78, 5) is 0. The Morgan fingerprint density at radius 2 is 1.88 bits per heavy atom. The molecule has 0 radical (unpaired) electrons. The molecule has 0 bridgehead atoms. The van der Waals surface area contributed by atoms with Crippen LogP contribution in [-0.2, 0) is 16.4 Å². The molecular weight excluding hydrogens is 236 g/mol. The number of aryl methyl sites for hydroxylation is 1. The SMILES string of the molecule is CNCCN(C)S(=O)(=O)CCc1ccccc1. The van der Waals surface area contributed by atoms with Gasteiger partial charge >= 0.3 is 0 Å². The molecule has 0 saturated carbocycles. The van der Waals surface area contributed by atoms with Gasteiger partial charge in [-0.1, -0.05) is 30.3 Å². The van der Waals surface area contributed by atoms with Crippen LogP contribution >= 0.6 is 0 Å². The van der Waals surface area contributed by atoms with Gasteiger partial charge in [-0.05, 0) is 19.0 Å². The first-order chi connectivity index (χ1) is 8.06. The lowest BCUT2D eigenvalue weighted by Gasteiger charge is -2.16. The summed E-state index contributed by atoms with van der Waals surface area (Å²) in [6.07, 6.45) is 0.563. The van der Waals surface area contributed by atoms with E-state index in [1.165, 1.54) is 4.31 Å². The van der Waals surface area contributed by atoms with Gasteiger partial charge in [-0.3, -0.25) is 0 Å². The molecule has 0 spiro atoms.